The van der Waals surface area contributed by atoms with E-state index in [1.54, 1.807) is 0 Å². The van der Waals surface area contributed by atoms with Gasteiger partial charge in [-0.05, 0) is 49.4 Å². The molecule has 1 amide bonds. The topological polar surface area (TPSA) is 23.6 Å². The van der Waals surface area contributed by atoms with Gasteiger partial charge in [0.25, 0.3) is 0 Å². The summed E-state index contributed by atoms with van der Waals surface area (Å²) in [6, 6.07) is 0. The lowest BCUT2D eigenvalue weighted by Gasteiger charge is -2.55. The second kappa shape index (κ2) is 14.6. The van der Waals surface area contributed by atoms with Gasteiger partial charge in [-0.1, -0.05) is 85.5 Å². The van der Waals surface area contributed by atoms with E-state index in [1.807, 2.05) is 0 Å². The van der Waals surface area contributed by atoms with E-state index < -0.39 is 0 Å². The van der Waals surface area contributed by atoms with Gasteiger partial charge in [0.1, 0.15) is 0 Å². The number of piperidine rings is 1. The number of carbonyl (C=O) groups is 1. The van der Waals surface area contributed by atoms with Crippen molar-refractivity contribution in [2.45, 2.75) is 124 Å². The highest BCUT2D eigenvalue weighted by atomic mass is 16.2. The molecule has 31 heavy (non-hydrogen) atoms. The van der Waals surface area contributed by atoms with Gasteiger partial charge in [0.15, 0.2) is 0 Å². The molecule has 2 aliphatic rings. The van der Waals surface area contributed by atoms with Crippen LogP contribution in [0.3, 0.4) is 0 Å². The molecule has 2 fully saturated rings. The molecule has 0 bridgehead atoms. The third-order valence-electron chi connectivity index (χ3n) is 8.14. The van der Waals surface area contributed by atoms with Crippen molar-refractivity contribution >= 4 is 5.91 Å². The van der Waals surface area contributed by atoms with Crippen molar-refractivity contribution in [1.29, 1.82) is 0 Å². The van der Waals surface area contributed by atoms with Gasteiger partial charge >= 0.3 is 0 Å². The molecule has 0 aromatic carbocycles. The Balaban J connectivity index is 1.62. The molecule has 1 spiro atoms. The Kier molecular flexibility index (Phi) is 12.5. The molecule has 3 heteroatoms. The van der Waals surface area contributed by atoms with E-state index in [4.69, 9.17) is 0 Å². The summed E-state index contributed by atoms with van der Waals surface area (Å²) < 4.78 is 0. The summed E-state index contributed by atoms with van der Waals surface area (Å²) in [5.74, 6) is 2.03. The van der Waals surface area contributed by atoms with Crippen LogP contribution in [0, 0.1) is 17.3 Å². The van der Waals surface area contributed by atoms with E-state index in [1.165, 1.54) is 103 Å². The fourth-order valence-electron chi connectivity index (χ4n) is 5.85. The van der Waals surface area contributed by atoms with Crippen LogP contribution >= 0.6 is 0 Å². The average Bonchev–Trinajstić information content (AvgIpc) is 2.76. The van der Waals surface area contributed by atoms with Crippen molar-refractivity contribution in [3.05, 3.63) is 0 Å². The predicted molar refractivity (Wildman–Crippen MR) is 134 cm³/mol. The van der Waals surface area contributed by atoms with Gasteiger partial charge in [0.2, 0.25) is 5.91 Å². The molecule has 0 aromatic rings. The number of amides is 1. The SMILES string of the molecule is CCCCCCC(C)CCC(=O)N1CCC2(CC1)CN(CC(CCCC)CCCC)C2. The number of rotatable bonds is 16. The highest BCUT2D eigenvalue weighted by Gasteiger charge is 2.45. The largest absolute Gasteiger partial charge is 0.343 e. The number of likely N-dealkylation sites (tertiary alicyclic amines) is 2. The van der Waals surface area contributed by atoms with Gasteiger partial charge in [-0.2, -0.15) is 0 Å². The molecule has 2 rings (SSSR count). The first-order chi connectivity index (χ1) is 15.0. The molecule has 2 saturated heterocycles. The summed E-state index contributed by atoms with van der Waals surface area (Å²) in [6.07, 6.45) is 19.2. The Hall–Kier alpha value is -0.570. The van der Waals surface area contributed by atoms with Crippen molar-refractivity contribution in [3.8, 4) is 0 Å². The Morgan fingerprint density at radius 1 is 0.806 bits per heavy atom. The second-order valence-corrected chi connectivity index (χ2v) is 11.2. The molecule has 1 unspecified atom stereocenters. The smallest absolute Gasteiger partial charge is 0.222 e. The van der Waals surface area contributed by atoms with E-state index in [9.17, 15) is 4.79 Å². The first-order valence-electron chi connectivity index (χ1n) is 14.0. The second-order valence-electron chi connectivity index (χ2n) is 11.2. The summed E-state index contributed by atoms with van der Waals surface area (Å²) in [4.78, 5) is 17.6. The normalized spacial score (nSPS) is 19.7. The predicted octanol–water partition coefficient (Wildman–Crippen LogP) is 7.29. The minimum Gasteiger partial charge on any atom is -0.343 e. The average molecular weight is 435 g/mol. The van der Waals surface area contributed by atoms with Crippen LogP contribution in [-0.2, 0) is 4.79 Å². The van der Waals surface area contributed by atoms with E-state index in [0.29, 0.717) is 17.2 Å². The molecule has 1 atom stereocenters. The van der Waals surface area contributed by atoms with Crippen LogP contribution in [0.25, 0.3) is 0 Å². The van der Waals surface area contributed by atoms with Crippen LogP contribution in [0.4, 0.5) is 0 Å². The Bertz CT molecular complexity index is 467. The lowest BCUT2D eigenvalue weighted by atomic mass is 9.71. The van der Waals surface area contributed by atoms with Crippen LogP contribution in [0.1, 0.15) is 124 Å². The summed E-state index contributed by atoms with van der Waals surface area (Å²) in [5.41, 5.74) is 0.531. The quantitative estimate of drug-likeness (QED) is 0.238. The third kappa shape index (κ3) is 9.44. The zero-order valence-corrected chi connectivity index (χ0v) is 21.6. The van der Waals surface area contributed by atoms with Crippen LogP contribution in [0.15, 0.2) is 0 Å². The maximum absolute atomic E-state index is 12.7. The molecular formula is C28H54N2O. The first kappa shape index (κ1) is 26.7. The van der Waals surface area contributed by atoms with E-state index >= 15 is 0 Å². The number of carbonyl (C=O) groups excluding carboxylic acids is 1. The maximum Gasteiger partial charge on any atom is 0.222 e. The fourth-order valence-corrected chi connectivity index (χ4v) is 5.85. The molecule has 2 heterocycles. The van der Waals surface area contributed by atoms with Crippen LogP contribution in [-0.4, -0.2) is 48.4 Å². The lowest BCUT2D eigenvalue weighted by Crippen LogP contribution is -2.61. The van der Waals surface area contributed by atoms with Gasteiger partial charge < -0.3 is 9.80 Å². The zero-order valence-electron chi connectivity index (χ0n) is 21.6. The molecule has 182 valence electrons. The standard InChI is InChI=1S/C28H54N2O/c1-5-8-11-12-13-25(4)16-17-27(31)30-20-18-28(19-21-30)23-29(24-28)22-26(14-9-6-2)15-10-7-3/h25-26H,5-24H2,1-4H3. The highest BCUT2D eigenvalue weighted by molar-refractivity contribution is 5.76. The molecule has 3 nitrogen and oxygen atoms in total. The minimum absolute atomic E-state index is 0.422. The Labute approximate surface area is 194 Å². The van der Waals surface area contributed by atoms with Crippen molar-refractivity contribution in [2.24, 2.45) is 17.3 Å². The molecule has 0 radical (unpaired) electrons. The molecule has 0 aliphatic carbocycles. The third-order valence-corrected chi connectivity index (χ3v) is 8.14. The summed E-state index contributed by atoms with van der Waals surface area (Å²) in [7, 11) is 0. The van der Waals surface area contributed by atoms with Gasteiger partial charge in [-0.25, -0.2) is 0 Å². The van der Waals surface area contributed by atoms with E-state index in [2.05, 4.69) is 37.5 Å². The van der Waals surface area contributed by atoms with Gasteiger partial charge in [0, 0.05) is 39.1 Å². The summed E-state index contributed by atoms with van der Waals surface area (Å²) >= 11 is 0. The molecule has 2 aliphatic heterocycles. The number of nitrogens with zero attached hydrogens (tertiary/aromatic N) is 2. The minimum atomic E-state index is 0.422. The van der Waals surface area contributed by atoms with Crippen molar-refractivity contribution in [3.63, 3.8) is 0 Å². The molecule has 0 N–H and O–H groups in total. The van der Waals surface area contributed by atoms with E-state index in [0.717, 1.165) is 31.8 Å². The first-order valence-corrected chi connectivity index (χ1v) is 14.0. The fraction of sp³-hybridized carbons (Fsp3) is 0.964. The Morgan fingerprint density at radius 2 is 1.42 bits per heavy atom. The Morgan fingerprint density at radius 3 is 2.00 bits per heavy atom. The van der Waals surface area contributed by atoms with Gasteiger partial charge in [0.05, 0.1) is 0 Å². The number of hydrogen-bond acceptors (Lipinski definition) is 2. The van der Waals surface area contributed by atoms with Crippen LogP contribution in [0.2, 0.25) is 0 Å². The summed E-state index contributed by atoms with van der Waals surface area (Å²) in [5, 5.41) is 0. The van der Waals surface area contributed by atoms with Crippen molar-refractivity contribution in [1.82, 2.24) is 9.80 Å². The van der Waals surface area contributed by atoms with Crippen LogP contribution in [0.5, 0.6) is 0 Å². The monoisotopic (exact) mass is 434 g/mol. The van der Waals surface area contributed by atoms with E-state index in [-0.39, 0.29) is 0 Å². The highest BCUT2D eigenvalue weighted by Crippen LogP contribution is 2.41. The zero-order chi connectivity index (χ0) is 22.5. The van der Waals surface area contributed by atoms with Gasteiger partial charge in [-0.15, -0.1) is 0 Å². The van der Waals surface area contributed by atoms with Gasteiger partial charge in [-0.3, -0.25) is 4.79 Å². The van der Waals surface area contributed by atoms with Crippen molar-refractivity contribution < 1.29 is 4.79 Å². The molecule has 0 aromatic heterocycles. The summed E-state index contributed by atoms with van der Waals surface area (Å²) in [6.45, 7) is 15.2. The molecular weight excluding hydrogens is 380 g/mol. The number of unbranched alkanes of at least 4 members (excludes halogenated alkanes) is 5. The number of hydrogen-bond donors (Lipinski definition) is 0. The lowest BCUT2D eigenvalue weighted by molar-refractivity contribution is -0.136. The van der Waals surface area contributed by atoms with Crippen molar-refractivity contribution in [2.75, 3.05) is 32.7 Å². The molecule has 0 saturated carbocycles. The van der Waals surface area contributed by atoms with Crippen LogP contribution < -0.4 is 0 Å². The maximum atomic E-state index is 12.7.